The maximum absolute atomic E-state index is 5.78. The third kappa shape index (κ3) is 3.97. The van der Waals surface area contributed by atoms with Gasteiger partial charge < -0.3 is 9.40 Å². The zero-order valence-corrected chi connectivity index (χ0v) is 16.1. The molecule has 5 heteroatoms. The van der Waals surface area contributed by atoms with E-state index in [9.17, 15) is 0 Å². The SMILES string of the molecule is CCSc1ccc(-c2[nH]c(=S)oc2-c2ccc(SCC)cc2)cc1. The Hall–Kier alpha value is -1.43. The van der Waals surface area contributed by atoms with Gasteiger partial charge in [0.1, 0.15) is 0 Å². The summed E-state index contributed by atoms with van der Waals surface area (Å²) in [5, 5.41) is 0. The quantitative estimate of drug-likeness (QED) is 0.376. The van der Waals surface area contributed by atoms with E-state index in [0.717, 1.165) is 34.1 Å². The second-order valence-electron chi connectivity index (χ2n) is 5.13. The van der Waals surface area contributed by atoms with E-state index in [1.54, 1.807) is 0 Å². The molecular weight excluding hydrogens is 354 g/mol. The summed E-state index contributed by atoms with van der Waals surface area (Å²) in [5.74, 6) is 2.93. The molecule has 3 rings (SSSR count). The lowest BCUT2D eigenvalue weighted by Crippen LogP contribution is -1.83. The molecule has 0 radical (unpaired) electrons. The van der Waals surface area contributed by atoms with Crippen molar-refractivity contribution in [2.45, 2.75) is 23.6 Å². The summed E-state index contributed by atoms with van der Waals surface area (Å²) in [5.41, 5.74) is 3.05. The lowest BCUT2D eigenvalue weighted by Gasteiger charge is -2.05. The molecule has 0 saturated carbocycles. The topological polar surface area (TPSA) is 28.9 Å². The third-order valence-corrected chi connectivity index (χ3v) is 5.50. The first-order valence-electron chi connectivity index (χ1n) is 7.90. The number of hydrogen-bond acceptors (Lipinski definition) is 4. The van der Waals surface area contributed by atoms with Gasteiger partial charge in [-0.2, -0.15) is 0 Å². The minimum absolute atomic E-state index is 0.402. The number of H-pyrrole nitrogens is 1. The second-order valence-corrected chi connectivity index (χ2v) is 8.18. The smallest absolute Gasteiger partial charge is 0.266 e. The van der Waals surface area contributed by atoms with E-state index in [1.807, 2.05) is 23.5 Å². The largest absolute Gasteiger partial charge is 0.429 e. The molecule has 0 amide bonds. The van der Waals surface area contributed by atoms with Gasteiger partial charge in [0.15, 0.2) is 5.76 Å². The Kier molecular flexibility index (Phi) is 5.87. The normalized spacial score (nSPS) is 10.9. The van der Waals surface area contributed by atoms with Gasteiger partial charge in [0.05, 0.1) is 5.69 Å². The number of thioether (sulfide) groups is 2. The number of hydrogen-bond donors (Lipinski definition) is 1. The molecule has 0 spiro atoms. The number of oxazole rings is 1. The maximum atomic E-state index is 5.78. The summed E-state index contributed by atoms with van der Waals surface area (Å²) in [7, 11) is 0. The average Bonchev–Trinajstić information content (AvgIpc) is 2.99. The van der Waals surface area contributed by atoms with E-state index in [-0.39, 0.29) is 0 Å². The van der Waals surface area contributed by atoms with Gasteiger partial charge >= 0.3 is 0 Å². The van der Waals surface area contributed by atoms with Gasteiger partial charge in [-0.1, -0.05) is 38.1 Å². The molecule has 0 aliphatic rings. The number of benzene rings is 2. The Labute approximate surface area is 156 Å². The van der Waals surface area contributed by atoms with E-state index in [2.05, 4.69) is 67.4 Å². The molecule has 2 nitrogen and oxygen atoms in total. The molecule has 1 N–H and O–H groups in total. The molecule has 2 aromatic carbocycles. The molecule has 0 saturated heterocycles. The van der Waals surface area contributed by atoms with Gasteiger partial charge in [-0.25, -0.2) is 0 Å². The predicted octanol–water partition coefficient (Wildman–Crippen LogP) is 6.90. The van der Waals surface area contributed by atoms with Gasteiger partial charge in [-0.05, 0) is 48.0 Å². The molecule has 1 heterocycles. The van der Waals surface area contributed by atoms with Crippen LogP contribution >= 0.6 is 35.7 Å². The van der Waals surface area contributed by atoms with Crippen LogP contribution in [0.25, 0.3) is 22.6 Å². The van der Waals surface area contributed by atoms with E-state index in [0.29, 0.717) is 4.84 Å². The predicted molar refractivity (Wildman–Crippen MR) is 108 cm³/mol. The van der Waals surface area contributed by atoms with Crippen molar-refractivity contribution in [1.82, 2.24) is 4.98 Å². The van der Waals surface area contributed by atoms with E-state index >= 15 is 0 Å². The zero-order valence-electron chi connectivity index (χ0n) is 13.7. The fourth-order valence-corrected chi connectivity index (χ4v) is 4.00. The molecular formula is C19H19NOS3. The lowest BCUT2D eigenvalue weighted by molar-refractivity contribution is 0.554. The van der Waals surface area contributed by atoms with Crippen molar-refractivity contribution in [3.63, 3.8) is 0 Å². The van der Waals surface area contributed by atoms with Crippen molar-refractivity contribution < 1.29 is 4.42 Å². The molecule has 0 unspecified atom stereocenters. The van der Waals surface area contributed by atoms with Gasteiger partial charge in [-0.15, -0.1) is 23.5 Å². The first kappa shape index (κ1) is 17.4. The van der Waals surface area contributed by atoms with Crippen LogP contribution in [0.3, 0.4) is 0 Å². The number of rotatable bonds is 6. The Morgan fingerprint density at radius 3 is 1.83 bits per heavy atom. The van der Waals surface area contributed by atoms with Crippen LogP contribution in [0.1, 0.15) is 13.8 Å². The monoisotopic (exact) mass is 373 g/mol. The van der Waals surface area contributed by atoms with Crippen LogP contribution in [0.5, 0.6) is 0 Å². The fraction of sp³-hybridized carbons (Fsp3) is 0.211. The highest BCUT2D eigenvalue weighted by molar-refractivity contribution is 7.99. The standard InChI is InChI=1S/C19H19NOS3/c1-3-23-15-9-5-13(6-10-15)17-18(21-19(22)20-17)14-7-11-16(12-8-14)24-4-2/h5-12H,3-4H2,1-2H3,(H,20,22). The van der Waals surface area contributed by atoms with Crippen LogP contribution in [0.4, 0.5) is 0 Å². The van der Waals surface area contributed by atoms with Crippen LogP contribution in [0.15, 0.2) is 62.7 Å². The Bertz CT molecular complexity index is 778. The minimum Gasteiger partial charge on any atom is -0.429 e. The summed E-state index contributed by atoms with van der Waals surface area (Å²) >= 11 is 8.89. The highest BCUT2D eigenvalue weighted by Gasteiger charge is 2.13. The van der Waals surface area contributed by atoms with Crippen LogP contribution in [0, 0.1) is 4.84 Å². The Morgan fingerprint density at radius 1 is 0.833 bits per heavy atom. The van der Waals surface area contributed by atoms with Crippen LogP contribution in [-0.4, -0.2) is 16.5 Å². The van der Waals surface area contributed by atoms with Crippen molar-refractivity contribution in [2.24, 2.45) is 0 Å². The minimum atomic E-state index is 0.402. The van der Waals surface area contributed by atoms with Gasteiger partial charge in [-0.3, -0.25) is 0 Å². The highest BCUT2D eigenvalue weighted by atomic mass is 32.2. The van der Waals surface area contributed by atoms with Gasteiger partial charge in [0.2, 0.25) is 0 Å². The van der Waals surface area contributed by atoms with Crippen LogP contribution in [-0.2, 0) is 0 Å². The van der Waals surface area contributed by atoms with Crippen LogP contribution in [0.2, 0.25) is 0 Å². The first-order chi connectivity index (χ1) is 11.7. The summed E-state index contributed by atoms with van der Waals surface area (Å²) in [6.07, 6.45) is 0. The summed E-state index contributed by atoms with van der Waals surface area (Å²) in [4.78, 5) is 6.12. The molecule has 124 valence electrons. The lowest BCUT2D eigenvalue weighted by atomic mass is 10.1. The van der Waals surface area contributed by atoms with Crippen molar-refractivity contribution in [2.75, 3.05) is 11.5 Å². The molecule has 0 atom stereocenters. The molecule has 0 aliphatic heterocycles. The summed E-state index contributed by atoms with van der Waals surface area (Å²) in [6, 6.07) is 16.9. The van der Waals surface area contributed by atoms with E-state index < -0.39 is 0 Å². The number of aromatic nitrogens is 1. The Balaban J connectivity index is 1.96. The number of nitrogens with one attached hydrogen (secondary N) is 1. The van der Waals surface area contributed by atoms with Gasteiger partial charge in [0.25, 0.3) is 4.84 Å². The van der Waals surface area contributed by atoms with Crippen LogP contribution < -0.4 is 0 Å². The second kappa shape index (κ2) is 8.10. The highest BCUT2D eigenvalue weighted by Crippen LogP contribution is 2.33. The zero-order chi connectivity index (χ0) is 16.9. The van der Waals surface area contributed by atoms with Crippen molar-refractivity contribution >= 4 is 35.7 Å². The average molecular weight is 374 g/mol. The van der Waals surface area contributed by atoms with E-state index in [1.165, 1.54) is 9.79 Å². The molecule has 0 fully saturated rings. The van der Waals surface area contributed by atoms with Crippen molar-refractivity contribution in [3.8, 4) is 22.6 Å². The molecule has 1 aromatic heterocycles. The molecule has 24 heavy (non-hydrogen) atoms. The number of aromatic amines is 1. The maximum Gasteiger partial charge on any atom is 0.266 e. The summed E-state index contributed by atoms with van der Waals surface area (Å²) < 4.78 is 5.78. The third-order valence-electron chi connectivity index (χ3n) is 3.53. The van der Waals surface area contributed by atoms with Crippen molar-refractivity contribution in [1.29, 1.82) is 0 Å². The van der Waals surface area contributed by atoms with Gasteiger partial charge in [0, 0.05) is 20.9 Å². The summed E-state index contributed by atoms with van der Waals surface area (Å²) in [6.45, 7) is 4.31. The molecule has 0 aliphatic carbocycles. The molecule has 3 aromatic rings. The molecule has 0 bridgehead atoms. The Morgan fingerprint density at radius 2 is 1.33 bits per heavy atom. The van der Waals surface area contributed by atoms with E-state index in [4.69, 9.17) is 16.6 Å². The first-order valence-corrected chi connectivity index (χ1v) is 10.3. The fourth-order valence-electron chi connectivity index (χ4n) is 2.49. The van der Waals surface area contributed by atoms with Crippen molar-refractivity contribution in [3.05, 3.63) is 53.4 Å².